The molecule has 0 aliphatic rings. The van der Waals surface area contributed by atoms with E-state index in [0.29, 0.717) is 12.5 Å². The van der Waals surface area contributed by atoms with E-state index in [1.807, 2.05) is 17.7 Å². The monoisotopic (exact) mass is 239 g/mol. The van der Waals surface area contributed by atoms with Crippen molar-refractivity contribution in [3.05, 3.63) is 18.0 Å². The Morgan fingerprint density at radius 1 is 1.53 bits per heavy atom. The van der Waals surface area contributed by atoms with Gasteiger partial charge in [0.25, 0.3) is 0 Å². The SMILES string of the molecule is CCCn1nccc1C(C)(O)CCNC(C)C. The van der Waals surface area contributed by atoms with Gasteiger partial charge in [0, 0.05) is 18.8 Å². The average molecular weight is 239 g/mol. The Kier molecular flexibility index (Phi) is 5.15. The number of rotatable bonds is 7. The Morgan fingerprint density at radius 3 is 2.82 bits per heavy atom. The van der Waals surface area contributed by atoms with Gasteiger partial charge in [0.1, 0.15) is 5.60 Å². The summed E-state index contributed by atoms with van der Waals surface area (Å²) in [7, 11) is 0. The molecular formula is C13H25N3O. The zero-order chi connectivity index (χ0) is 12.9. The van der Waals surface area contributed by atoms with Gasteiger partial charge in [-0.1, -0.05) is 20.8 Å². The van der Waals surface area contributed by atoms with Crippen LogP contribution in [-0.4, -0.2) is 27.5 Å². The van der Waals surface area contributed by atoms with Gasteiger partial charge >= 0.3 is 0 Å². The molecule has 0 aliphatic heterocycles. The van der Waals surface area contributed by atoms with Crippen LogP contribution < -0.4 is 5.32 Å². The fourth-order valence-electron chi connectivity index (χ4n) is 1.91. The first kappa shape index (κ1) is 14.2. The van der Waals surface area contributed by atoms with E-state index in [9.17, 15) is 5.11 Å². The minimum Gasteiger partial charge on any atom is -0.384 e. The molecule has 0 saturated heterocycles. The van der Waals surface area contributed by atoms with E-state index >= 15 is 0 Å². The van der Waals surface area contributed by atoms with Crippen LogP contribution in [0.4, 0.5) is 0 Å². The van der Waals surface area contributed by atoms with Crippen LogP contribution in [0.3, 0.4) is 0 Å². The average Bonchev–Trinajstić information content (AvgIpc) is 2.66. The second kappa shape index (κ2) is 6.17. The zero-order valence-corrected chi connectivity index (χ0v) is 11.4. The highest BCUT2D eigenvalue weighted by Gasteiger charge is 2.26. The first-order chi connectivity index (χ1) is 7.97. The molecule has 1 unspecified atom stereocenters. The van der Waals surface area contributed by atoms with E-state index in [0.717, 1.165) is 25.2 Å². The maximum atomic E-state index is 10.5. The minimum atomic E-state index is -0.812. The number of nitrogens with zero attached hydrogens (tertiary/aromatic N) is 2. The first-order valence-corrected chi connectivity index (χ1v) is 6.45. The molecule has 4 nitrogen and oxygen atoms in total. The third-order valence-corrected chi connectivity index (χ3v) is 2.87. The summed E-state index contributed by atoms with van der Waals surface area (Å²) in [6, 6.07) is 2.36. The quantitative estimate of drug-likeness (QED) is 0.764. The summed E-state index contributed by atoms with van der Waals surface area (Å²) < 4.78 is 1.90. The third-order valence-electron chi connectivity index (χ3n) is 2.87. The summed E-state index contributed by atoms with van der Waals surface area (Å²) in [6.07, 6.45) is 3.48. The lowest BCUT2D eigenvalue weighted by Gasteiger charge is -2.25. The Labute approximate surface area is 104 Å². The van der Waals surface area contributed by atoms with Crippen LogP contribution in [0.1, 0.15) is 46.2 Å². The van der Waals surface area contributed by atoms with Crippen molar-refractivity contribution in [3.63, 3.8) is 0 Å². The topological polar surface area (TPSA) is 50.1 Å². The molecule has 1 aromatic rings. The molecule has 4 heteroatoms. The van der Waals surface area contributed by atoms with Crippen LogP contribution in [0, 0.1) is 0 Å². The van der Waals surface area contributed by atoms with Gasteiger partial charge in [-0.2, -0.15) is 5.10 Å². The molecular weight excluding hydrogens is 214 g/mol. The van der Waals surface area contributed by atoms with Crippen LogP contribution in [-0.2, 0) is 12.1 Å². The molecule has 0 radical (unpaired) electrons. The summed E-state index contributed by atoms with van der Waals surface area (Å²) in [6.45, 7) is 9.85. The molecule has 1 rings (SSSR count). The molecule has 0 aliphatic carbocycles. The number of aliphatic hydroxyl groups is 1. The van der Waals surface area contributed by atoms with E-state index in [1.54, 1.807) is 6.20 Å². The molecule has 1 atom stereocenters. The van der Waals surface area contributed by atoms with Gasteiger partial charge in [0.15, 0.2) is 0 Å². The second-order valence-corrected chi connectivity index (χ2v) is 5.07. The summed E-state index contributed by atoms with van der Waals surface area (Å²) in [5.41, 5.74) is 0.0954. The third kappa shape index (κ3) is 4.13. The molecule has 2 N–H and O–H groups in total. The fraction of sp³-hybridized carbons (Fsp3) is 0.769. The minimum absolute atomic E-state index is 0.450. The number of aryl methyl sites for hydroxylation is 1. The van der Waals surface area contributed by atoms with Crippen LogP contribution >= 0.6 is 0 Å². The number of nitrogens with one attached hydrogen (secondary N) is 1. The molecule has 0 saturated carbocycles. The summed E-state index contributed by atoms with van der Waals surface area (Å²) in [5, 5.41) is 18.1. The Bertz CT molecular complexity index is 331. The van der Waals surface area contributed by atoms with Crippen molar-refractivity contribution in [1.29, 1.82) is 0 Å². The number of hydrogen-bond acceptors (Lipinski definition) is 3. The predicted octanol–water partition coefficient (Wildman–Crippen LogP) is 1.89. The summed E-state index contributed by atoms with van der Waals surface area (Å²) in [5.74, 6) is 0. The van der Waals surface area contributed by atoms with Gasteiger partial charge < -0.3 is 10.4 Å². The van der Waals surface area contributed by atoms with Gasteiger partial charge in [0.05, 0.1) is 5.69 Å². The van der Waals surface area contributed by atoms with Crippen molar-refractivity contribution < 1.29 is 5.11 Å². The molecule has 1 aromatic heterocycles. The maximum absolute atomic E-state index is 10.5. The van der Waals surface area contributed by atoms with Crippen LogP contribution in [0.15, 0.2) is 12.3 Å². The first-order valence-electron chi connectivity index (χ1n) is 6.45. The predicted molar refractivity (Wildman–Crippen MR) is 69.8 cm³/mol. The van der Waals surface area contributed by atoms with Gasteiger partial charge in [-0.15, -0.1) is 0 Å². The number of hydrogen-bond donors (Lipinski definition) is 2. The fourth-order valence-corrected chi connectivity index (χ4v) is 1.91. The molecule has 17 heavy (non-hydrogen) atoms. The van der Waals surface area contributed by atoms with Gasteiger partial charge in [-0.05, 0) is 32.4 Å². The molecule has 0 amide bonds. The van der Waals surface area contributed by atoms with Crippen LogP contribution in [0.2, 0.25) is 0 Å². The molecule has 0 bridgehead atoms. The Balaban J connectivity index is 2.64. The van der Waals surface area contributed by atoms with Crippen molar-refractivity contribution in [2.24, 2.45) is 0 Å². The van der Waals surface area contributed by atoms with Crippen molar-refractivity contribution in [2.75, 3.05) is 6.54 Å². The van der Waals surface area contributed by atoms with Crippen LogP contribution in [0.25, 0.3) is 0 Å². The molecule has 98 valence electrons. The molecule has 1 heterocycles. The van der Waals surface area contributed by atoms with Gasteiger partial charge in [-0.25, -0.2) is 0 Å². The Morgan fingerprint density at radius 2 is 2.24 bits per heavy atom. The summed E-state index contributed by atoms with van der Waals surface area (Å²) in [4.78, 5) is 0. The van der Waals surface area contributed by atoms with E-state index in [-0.39, 0.29) is 0 Å². The van der Waals surface area contributed by atoms with Crippen molar-refractivity contribution in [2.45, 2.75) is 58.7 Å². The van der Waals surface area contributed by atoms with Crippen molar-refractivity contribution in [1.82, 2.24) is 15.1 Å². The van der Waals surface area contributed by atoms with Gasteiger partial charge in [0.2, 0.25) is 0 Å². The highest BCUT2D eigenvalue weighted by atomic mass is 16.3. The lowest BCUT2D eigenvalue weighted by molar-refractivity contribution is 0.0380. The van der Waals surface area contributed by atoms with E-state index in [1.165, 1.54) is 0 Å². The molecule has 0 fully saturated rings. The normalized spacial score (nSPS) is 15.2. The zero-order valence-electron chi connectivity index (χ0n) is 11.4. The lowest BCUT2D eigenvalue weighted by atomic mass is 9.98. The number of aromatic nitrogens is 2. The lowest BCUT2D eigenvalue weighted by Crippen LogP contribution is -2.32. The standard InChI is InChI=1S/C13H25N3O/c1-5-10-16-12(6-8-15-16)13(4,17)7-9-14-11(2)3/h6,8,11,14,17H,5,7,9-10H2,1-4H3. The molecule has 0 spiro atoms. The van der Waals surface area contributed by atoms with E-state index in [4.69, 9.17) is 0 Å². The highest BCUT2D eigenvalue weighted by molar-refractivity contribution is 5.10. The largest absolute Gasteiger partial charge is 0.384 e. The van der Waals surface area contributed by atoms with E-state index < -0.39 is 5.60 Å². The highest BCUT2D eigenvalue weighted by Crippen LogP contribution is 2.23. The van der Waals surface area contributed by atoms with E-state index in [2.05, 4.69) is 31.2 Å². The van der Waals surface area contributed by atoms with Crippen LogP contribution in [0.5, 0.6) is 0 Å². The summed E-state index contributed by atoms with van der Waals surface area (Å²) >= 11 is 0. The van der Waals surface area contributed by atoms with Crippen molar-refractivity contribution in [3.8, 4) is 0 Å². The molecule has 0 aromatic carbocycles. The Hall–Kier alpha value is -0.870. The van der Waals surface area contributed by atoms with Gasteiger partial charge in [-0.3, -0.25) is 4.68 Å². The smallest absolute Gasteiger partial charge is 0.105 e. The second-order valence-electron chi connectivity index (χ2n) is 5.07. The maximum Gasteiger partial charge on any atom is 0.105 e. The van der Waals surface area contributed by atoms with Crippen molar-refractivity contribution >= 4 is 0 Å².